The van der Waals surface area contributed by atoms with Gasteiger partial charge < -0.3 is 10.2 Å². The van der Waals surface area contributed by atoms with Crippen LogP contribution in [0.15, 0.2) is 105 Å². The standard InChI is InChI=1S/C23H16N4O3/c28-22-20(23(29)30)14-15-6-4-5-9-19(15)21(22)27-26-18-12-10-17(11-13-18)25-24-16-7-2-1-3-8-16/h1-14,28H,(H,29,30). The van der Waals surface area contributed by atoms with Crippen LogP contribution in [0, 0.1) is 0 Å². The lowest BCUT2D eigenvalue weighted by molar-refractivity contribution is 0.0694. The predicted molar refractivity (Wildman–Crippen MR) is 114 cm³/mol. The van der Waals surface area contributed by atoms with Crippen LogP contribution in [0.2, 0.25) is 0 Å². The van der Waals surface area contributed by atoms with Crippen molar-refractivity contribution in [2.45, 2.75) is 0 Å². The first kappa shape index (κ1) is 18.9. The monoisotopic (exact) mass is 396 g/mol. The fraction of sp³-hybridized carbons (Fsp3) is 0. The molecule has 0 atom stereocenters. The van der Waals surface area contributed by atoms with E-state index in [2.05, 4.69) is 20.5 Å². The number of carboxylic acid groups (broad SMARTS) is 1. The van der Waals surface area contributed by atoms with E-state index in [0.29, 0.717) is 22.1 Å². The molecule has 0 aromatic heterocycles. The van der Waals surface area contributed by atoms with Gasteiger partial charge in [-0.1, -0.05) is 42.5 Å². The maximum atomic E-state index is 11.4. The lowest BCUT2D eigenvalue weighted by Crippen LogP contribution is -1.97. The van der Waals surface area contributed by atoms with Crippen LogP contribution in [0.3, 0.4) is 0 Å². The second kappa shape index (κ2) is 8.32. The molecule has 4 aromatic carbocycles. The van der Waals surface area contributed by atoms with E-state index in [1.807, 2.05) is 30.3 Å². The van der Waals surface area contributed by atoms with E-state index >= 15 is 0 Å². The Morgan fingerprint density at radius 3 is 1.83 bits per heavy atom. The van der Waals surface area contributed by atoms with Crippen LogP contribution in [0.25, 0.3) is 10.8 Å². The SMILES string of the molecule is O=C(O)c1cc2ccccc2c(N=Nc2ccc(N=Nc3ccccc3)cc2)c1O. The fourth-order valence-corrected chi connectivity index (χ4v) is 2.89. The Kier molecular flexibility index (Phi) is 5.25. The summed E-state index contributed by atoms with van der Waals surface area (Å²) in [6.45, 7) is 0. The lowest BCUT2D eigenvalue weighted by Gasteiger charge is -2.07. The average molecular weight is 396 g/mol. The first-order valence-electron chi connectivity index (χ1n) is 9.08. The molecule has 4 rings (SSSR count). The third-order valence-electron chi connectivity index (χ3n) is 4.38. The summed E-state index contributed by atoms with van der Waals surface area (Å²) < 4.78 is 0. The van der Waals surface area contributed by atoms with Gasteiger partial charge in [-0.15, -0.1) is 5.11 Å². The number of rotatable bonds is 5. The number of fused-ring (bicyclic) bond motifs is 1. The number of aromatic hydroxyl groups is 1. The largest absolute Gasteiger partial charge is 0.505 e. The van der Waals surface area contributed by atoms with E-state index in [4.69, 9.17) is 0 Å². The predicted octanol–water partition coefficient (Wildman–Crippen LogP) is 7.07. The molecular weight excluding hydrogens is 380 g/mol. The molecule has 0 unspecified atom stereocenters. The van der Waals surface area contributed by atoms with Gasteiger partial charge in [0.15, 0.2) is 5.75 Å². The highest BCUT2D eigenvalue weighted by molar-refractivity contribution is 6.04. The molecule has 30 heavy (non-hydrogen) atoms. The van der Waals surface area contributed by atoms with Crippen molar-refractivity contribution in [2.24, 2.45) is 20.5 Å². The van der Waals surface area contributed by atoms with Gasteiger partial charge >= 0.3 is 5.97 Å². The molecule has 0 saturated carbocycles. The van der Waals surface area contributed by atoms with Gasteiger partial charge in [-0.05, 0) is 47.9 Å². The second-order valence-electron chi connectivity index (χ2n) is 6.40. The van der Waals surface area contributed by atoms with Crippen LogP contribution in [-0.4, -0.2) is 16.2 Å². The van der Waals surface area contributed by atoms with Crippen LogP contribution in [0.4, 0.5) is 22.7 Å². The number of benzene rings is 4. The van der Waals surface area contributed by atoms with Crippen molar-refractivity contribution in [1.82, 2.24) is 0 Å². The molecule has 0 saturated heterocycles. The van der Waals surface area contributed by atoms with Crippen LogP contribution in [-0.2, 0) is 0 Å². The summed E-state index contributed by atoms with van der Waals surface area (Å²) >= 11 is 0. The molecule has 0 heterocycles. The Labute approximate surface area is 171 Å². The normalized spacial score (nSPS) is 11.5. The van der Waals surface area contributed by atoms with Gasteiger partial charge in [0, 0.05) is 5.39 Å². The molecule has 0 amide bonds. The highest BCUT2D eigenvalue weighted by atomic mass is 16.4. The number of carboxylic acids is 1. The van der Waals surface area contributed by atoms with Crippen molar-refractivity contribution in [1.29, 1.82) is 0 Å². The van der Waals surface area contributed by atoms with Crippen molar-refractivity contribution in [3.8, 4) is 5.75 Å². The third kappa shape index (κ3) is 4.05. The first-order chi connectivity index (χ1) is 14.6. The summed E-state index contributed by atoms with van der Waals surface area (Å²) in [6, 6.07) is 24.8. The molecule has 0 aliphatic rings. The molecular formula is C23H16N4O3. The van der Waals surface area contributed by atoms with Gasteiger partial charge in [-0.3, -0.25) is 0 Å². The summed E-state index contributed by atoms with van der Waals surface area (Å²) in [6.07, 6.45) is 0. The summed E-state index contributed by atoms with van der Waals surface area (Å²) in [7, 11) is 0. The zero-order chi connectivity index (χ0) is 20.9. The quantitative estimate of drug-likeness (QED) is 0.352. The zero-order valence-electron chi connectivity index (χ0n) is 15.7. The molecule has 0 spiro atoms. The van der Waals surface area contributed by atoms with Crippen molar-refractivity contribution in [3.63, 3.8) is 0 Å². The van der Waals surface area contributed by atoms with Crippen LogP contribution < -0.4 is 0 Å². The molecule has 7 heteroatoms. The third-order valence-corrected chi connectivity index (χ3v) is 4.38. The number of hydrogen-bond donors (Lipinski definition) is 2. The molecule has 0 radical (unpaired) electrons. The van der Waals surface area contributed by atoms with Gasteiger partial charge in [0.1, 0.15) is 11.3 Å². The highest BCUT2D eigenvalue weighted by Gasteiger charge is 2.17. The Balaban J connectivity index is 1.62. The van der Waals surface area contributed by atoms with E-state index < -0.39 is 11.7 Å². The van der Waals surface area contributed by atoms with E-state index in [1.165, 1.54) is 6.07 Å². The maximum absolute atomic E-state index is 11.4. The van der Waals surface area contributed by atoms with Gasteiger partial charge in [0.25, 0.3) is 0 Å². The fourth-order valence-electron chi connectivity index (χ4n) is 2.89. The molecule has 0 aliphatic heterocycles. The minimum Gasteiger partial charge on any atom is -0.505 e. The summed E-state index contributed by atoms with van der Waals surface area (Å²) in [4.78, 5) is 11.4. The number of hydrogen-bond acceptors (Lipinski definition) is 6. The molecule has 0 aliphatic carbocycles. The maximum Gasteiger partial charge on any atom is 0.339 e. The first-order valence-corrected chi connectivity index (χ1v) is 9.08. The van der Waals surface area contributed by atoms with Crippen LogP contribution in [0.5, 0.6) is 5.75 Å². The van der Waals surface area contributed by atoms with Gasteiger partial charge in [0.2, 0.25) is 0 Å². The van der Waals surface area contributed by atoms with Gasteiger partial charge in [-0.2, -0.15) is 15.3 Å². The van der Waals surface area contributed by atoms with Crippen molar-refractivity contribution >= 4 is 39.5 Å². The minimum atomic E-state index is -1.23. The molecule has 7 nitrogen and oxygen atoms in total. The van der Waals surface area contributed by atoms with E-state index in [0.717, 1.165) is 5.69 Å². The second-order valence-corrected chi connectivity index (χ2v) is 6.40. The Hall–Kier alpha value is -4.39. The average Bonchev–Trinajstić information content (AvgIpc) is 2.78. The van der Waals surface area contributed by atoms with Crippen LogP contribution in [0.1, 0.15) is 10.4 Å². The summed E-state index contributed by atoms with van der Waals surface area (Å²) in [5.41, 5.74) is 1.82. The number of nitrogens with zero attached hydrogens (tertiary/aromatic N) is 4. The van der Waals surface area contributed by atoms with Crippen molar-refractivity contribution in [3.05, 3.63) is 90.5 Å². The lowest BCUT2D eigenvalue weighted by atomic mass is 10.0. The Morgan fingerprint density at radius 1 is 0.667 bits per heavy atom. The van der Waals surface area contributed by atoms with E-state index in [9.17, 15) is 15.0 Å². The smallest absolute Gasteiger partial charge is 0.339 e. The molecule has 0 bridgehead atoms. The summed E-state index contributed by atoms with van der Waals surface area (Å²) in [5, 5.41) is 37.6. The van der Waals surface area contributed by atoms with Crippen molar-refractivity contribution < 1.29 is 15.0 Å². The number of carbonyl (C=O) groups is 1. The van der Waals surface area contributed by atoms with Crippen LogP contribution >= 0.6 is 0 Å². The molecule has 0 fully saturated rings. The number of phenols is 1. The minimum absolute atomic E-state index is 0.110. The Bertz CT molecular complexity index is 1270. The molecule has 146 valence electrons. The number of azo groups is 2. The van der Waals surface area contributed by atoms with Gasteiger partial charge in [-0.25, -0.2) is 4.79 Å². The molecule has 4 aromatic rings. The van der Waals surface area contributed by atoms with E-state index in [1.54, 1.807) is 48.5 Å². The zero-order valence-corrected chi connectivity index (χ0v) is 15.7. The summed E-state index contributed by atoms with van der Waals surface area (Å²) in [5.74, 6) is -1.65. The van der Waals surface area contributed by atoms with E-state index in [-0.39, 0.29) is 11.3 Å². The van der Waals surface area contributed by atoms with Gasteiger partial charge in [0.05, 0.1) is 17.1 Å². The Morgan fingerprint density at radius 2 is 1.20 bits per heavy atom. The topological polar surface area (TPSA) is 107 Å². The molecule has 2 N–H and O–H groups in total. The highest BCUT2D eigenvalue weighted by Crippen LogP contribution is 2.39. The number of aromatic carboxylic acids is 1. The van der Waals surface area contributed by atoms with Crippen molar-refractivity contribution in [2.75, 3.05) is 0 Å².